The van der Waals surface area contributed by atoms with Crippen LogP contribution in [0.1, 0.15) is 19.8 Å². The lowest BCUT2D eigenvalue weighted by Gasteiger charge is -2.06. The molecule has 5 nitrogen and oxygen atoms in total. The van der Waals surface area contributed by atoms with E-state index in [1.54, 1.807) is 6.92 Å². The lowest BCUT2D eigenvalue weighted by Crippen LogP contribution is -2.26. The van der Waals surface area contributed by atoms with Crippen LogP contribution in [0, 0.1) is 0 Å². The molecule has 14 heavy (non-hydrogen) atoms. The minimum atomic E-state index is -0.663. The van der Waals surface area contributed by atoms with Gasteiger partial charge in [-0.15, -0.1) is 0 Å². The van der Waals surface area contributed by atoms with E-state index in [4.69, 9.17) is 11.6 Å². The number of nitrogens with one attached hydrogen (secondary N) is 1. The van der Waals surface area contributed by atoms with Gasteiger partial charge in [-0.2, -0.15) is 5.10 Å². The molecule has 0 saturated heterocycles. The number of halogens is 1. The molecule has 1 aliphatic rings. The molecule has 0 aromatic rings. The average molecular weight is 221 g/mol. The van der Waals surface area contributed by atoms with Crippen molar-refractivity contribution < 1.29 is 14.6 Å². The summed E-state index contributed by atoms with van der Waals surface area (Å²) < 4.78 is 4.60. The van der Waals surface area contributed by atoms with Gasteiger partial charge in [-0.05, 0) is 19.8 Å². The van der Waals surface area contributed by atoms with Crippen LogP contribution in [0.4, 0.5) is 0 Å². The Labute approximate surface area is 87.1 Å². The molecular formula is C8H13ClN2O3. The Morgan fingerprint density at radius 3 is 2.86 bits per heavy atom. The quantitative estimate of drug-likeness (QED) is 0.395. The number of hydrazone groups is 1. The molecule has 0 aromatic heterocycles. The van der Waals surface area contributed by atoms with E-state index in [1.807, 2.05) is 0 Å². The third-order valence-electron chi connectivity index (χ3n) is 1.86. The van der Waals surface area contributed by atoms with Crippen molar-refractivity contribution in [3.05, 3.63) is 0 Å². The fourth-order valence-electron chi connectivity index (χ4n) is 0.813. The topological polar surface area (TPSA) is 70.9 Å². The summed E-state index contributed by atoms with van der Waals surface area (Å²) in [5.74, 6) is -0.663. The Balaban J connectivity index is 2.25. The highest BCUT2D eigenvalue weighted by atomic mass is 35.5. The number of hydrogen-bond acceptors (Lipinski definition) is 5. The van der Waals surface area contributed by atoms with Gasteiger partial charge in [0.2, 0.25) is 5.17 Å². The molecule has 0 atom stereocenters. The Morgan fingerprint density at radius 1 is 1.71 bits per heavy atom. The number of carbonyl (C=O) groups excluding carboxylic acids is 1. The molecule has 80 valence electrons. The number of esters is 1. The maximum absolute atomic E-state index is 10.9. The molecule has 0 bridgehead atoms. The highest BCUT2D eigenvalue weighted by Crippen LogP contribution is 2.33. The molecule has 1 fully saturated rings. The summed E-state index contributed by atoms with van der Waals surface area (Å²) in [6.07, 6.45) is 1.51. The van der Waals surface area contributed by atoms with E-state index in [-0.39, 0.29) is 11.8 Å². The highest BCUT2D eigenvalue weighted by molar-refractivity contribution is 6.81. The van der Waals surface area contributed by atoms with Crippen LogP contribution in [0.2, 0.25) is 0 Å². The van der Waals surface area contributed by atoms with Gasteiger partial charge in [0.05, 0.1) is 18.8 Å². The summed E-state index contributed by atoms with van der Waals surface area (Å²) in [7, 11) is 0. The molecular weight excluding hydrogens is 208 g/mol. The van der Waals surface area contributed by atoms with Gasteiger partial charge < -0.3 is 15.3 Å². The first-order valence-electron chi connectivity index (χ1n) is 4.43. The van der Waals surface area contributed by atoms with Crippen molar-refractivity contribution in [3.63, 3.8) is 0 Å². The molecule has 0 spiro atoms. The van der Waals surface area contributed by atoms with E-state index in [9.17, 15) is 9.90 Å². The number of carbonyl (C=O) groups is 1. The minimum absolute atomic E-state index is 0.254. The first kappa shape index (κ1) is 11.3. The smallest absolute Gasteiger partial charge is 0.370 e. The summed E-state index contributed by atoms with van der Waals surface area (Å²) in [6.45, 7) is 2.25. The third kappa shape index (κ3) is 3.51. The Hall–Kier alpha value is -0.810. The lowest BCUT2D eigenvalue weighted by atomic mass is 10.3. The van der Waals surface area contributed by atoms with Gasteiger partial charge in [0.25, 0.3) is 0 Å². The first-order valence-corrected chi connectivity index (χ1v) is 4.81. The van der Waals surface area contributed by atoms with E-state index in [1.165, 1.54) is 0 Å². The van der Waals surface area contributed by atoms with E-state index in [0.29, 0.717) is 6.54 Å². The highest BCUT2D eigenvalue weighted by Gasteiger charge is 2.40. The van der Waals surface area contributed by atoms with Crippen molar-refractivity contribution in [1.82, 2.24) is 5.43 Å². The summed E-state index contributed by atoms with van der Waals surface area (Å²) in [6, 6.07) is 0. The monoisotopic (exact) mass is 220 g/mol. The van der Waals surface area contributed by atoms with Gasteiger partial charge in [0.1, 0.15) is 0 Å². The second kappa shape index (κ2) is 4.61. The van der Waals surface area contributed by atoms with Gasteiger partial charge in [-0.3, -0.25) is 0 Å². The second-order valence-corrected chi connectivity index (χ2v) is 3.54. The molecule has 2 N–H and O–H groups in total. The number of nitrogens with zero attached hydrogens (tertiary/aromatic N) is 1. The molecule has 0 radical (unpaired) electrons. The van der Waals surface area contributed by atoms with Crippen molar-refractivity contribution in [2.24, 2.45) is 5.10 Å². The zero-order valence-corrected chi connectivity index (χ0v) is 8.67. The van der Waals surface area contributed by atoms with Crippen LogP contribution in [-0.2, 0) is 9.53 Å². The van der Waals surface area contributed by atoms with Crippen LogP contribution in [0.25, 0.3) is 0 Å². The summed E-state index contributed by atoms with van der Waals surface area (Å²) >= 11 is 5.49. The average Bonchev–Trinajstić information content (AvgIpc) is 2.84. The predicted octanol–water partition coefficient (Wildman–Crippen LogP) is 0.216. The SMILES string of the molecule is CCOC(=O)C(Cl)=NNCC1(O)CC1. The number of hydrogen-bond donors (Lipinski definition) is 2. The standard InChI is InChI=1S/C8H13ClN2O3/c1-2-14-7(12)6(9)11-10-5-8(13)3-4-8/h10,13H,2-5H2,1H3. The first-order chi connectivity index (χ1) is 6.57. The van der Waals surface area contributed by atoms with Crippen LogP contribution < -0.4 is 5.43 Å². The molecule has 0 unspecified atom stereocenters. The van der Waals surface area contributed by atoms with Gasteiger partial charge in [0.15, 0.2) is 0 Å². The Morgan fingerprint density at radius 2 is 2.36 bits per heavy atom. The Kier molecular flexibility index (Phi) is 3.71. The summed E-state index contributed by atoms with van der Waals surface area (Å²) in [4.78, 5) is 10.9. The zero-order valence-electron chi connectivity index (χ0n) is 7.92. The molecule has 0 amide bonds. The molecule has 0 aromatic carbocycles. The van der Waals surface area contributed by atoms with E-state index in [0.717, 1.165) is 12.8 Å². The number of aliphatic hydroxyl groups is 1. The van der Waals surface area contributed by atoms with Gasteiger partial charge in [-0.1, -0.05) is 11.6 Å². The normalized spacial score (nSPS) is 18.9. The fourth-order valence-corrected chi connectivity index (χ4v) is 0.928. The molecule has 1 aliphatic carbocycles. The molecule has 6 heteroatoms. The van der Waals surface area contributed by atoms with Crippen LogP contribution in [-0.4, -0.2) is 35.0 Å². The Bertz CT molecular complexity index is 251. The van der Waals surface area contributed by atoms with Gasteiger partial charge in [-0.25, -0.2) is 4.79 Å². The summed E-state index contributed by atoms with van der Waals surface area (Å²) in [5.41, 5.74) is 1.87. The third-order valence-corrected chi connectivity index (χ3v) is 2.10. The predicted molar refractivity (Wildman–Crippen MR) is 52.1 cm³/mol. The fraction of sp³-hybridized carbons (Fsp3) is 0.750. The van der Waals surface area contributed by atoms with Gasteiger partial charge >= 0.3 is 5.97 Å². The summed E-state index contributed by atoms with van der Waals surface area (Å²) in [5, 5.41) is 12.7. The van der Waals surface area contributed by atoms with Crippen molar-refractivity contribution in [3.8, 4) is 0 Å². The number of rotatable bonds is 5. The van der Waals surface area contributed by atoms with Crippen molar-refractivity contribution >= 4 is 22.7 Å². The van der Waals surface area contributed by atoms with E-state index >= 15 is 0 Å². The minimum Gasteiger partial charge on any atom is -0.461 e. The van der Waals surface area contributed by atoms with E-state index in [2.05, 4.69) is 15.3 Å². The zero-order chi connectivity index (χ0) is 10.6. The molecule has 1 rings (SSSR count). The van der Waals surface area contributed by atoms with Crippen LogP contribution in [0.5, 0.6) is 0 Å². The van der Waals surface area contributed by atoms with Crippen LogP contribution in [0.15, 0.2) is 5.10 Å². The largest absolute Gasteiger partial charge is 0.461 e. The van der Waals surface area contributed by atoms with Crippen molar-refractivity contribution in [1.29, 1.82) is 0 Å². The maximum Gasteiger partial charge on any atom is 0.370 e. The molecule has 0 aliphatic heterocycles. The van der Waals surface area contributed by atoms with Gasteiger partial charge in [0, 0.05) is 0 Å². The van der Waals surface area contributed by atoms with Crippen LogP contribution in [0.3, 0.4) is 0 Å². The van der Waals surface area contributed by atoms with Crippen molar-refractivity contribution in [2.75, 3.05) is 13.2 Å². The second-order valence-electron chi connectivity index (χ2n) is 3.18. The van der Waals surface area contributed by atoms with E-state index < -0.39 is 11.6 Å². The molecule has 1 saturated carbocycles. The van der Waals surface area contributed by atoms with Crippen LogP contribution >= 0.6 is 11.6 Å². The lowest BCUT2D eigenvalue weighted by molar-refractivity contribution is -0.134. The maximum atomic E-state index is 10.9. The number of ether oxygens (including phenoxy) is 1. The molecule has 0 heterocycles. The van der Waals surface area contributed by atoms with Crippen molar-refractivity contribution in [2.45, 2.75) is 25.4 Å².